The lowest BCUT2D eigenvalue weighted by Gasteiger charge is -2.27. The molecular formula is C27H20ClN3O3S. The molecule has 0 unspecified atom stereocenters. The summed E-state index contributed by atoms with van der Waals surface area (Å²) in [5.41, 5.74) is 3.52. The summed E-state index contributed by atoms with van der Waals surface area (Å²) in [6.07, 6.45) is 1.65. The van der Waals surface area contributed by atoms with Gasteiger partial charge in [-0.25, -0.2) is 0 Å². The molecule has 0 aliphatic carbocycles. The minimum atomic E-state index is -0.450. The molecule has 1 N–H and O–H groups in total. The van der Waals surface area contributed by atoms with Crippen LogP contribution < -0.4 is 9.47 Å². The van der Waals surface area contributed by atoms with Crippen molar-refractivity contribution in [2.24, 2.45) is 4.99 Å². The molecular weight excluding hydrogens is 482 g/mol. The normalized spacial score (nSPS) is 16.2. The first-order valence-corrected chi connectivity index (χ1v) is 12.0. The Balaban J connectivity index is 1.41. The number of nitrogens with zero attached hydrogens (tertiary/aromatic N) is 2. The largest absolute Gasteiger partial charge is 0.493 e. The maximum Gasteiger partial charge on any atom is 0.283 e. The number of benzene rings is 3. The Labute approximate surface area is 212 Å². The fourth-order valence-corrected chi connectivity index (χ4v) is 4.82. The average Bonchev–Trinajstić information content (AvgIpc) is 3.31. The Kier molecular flexibility index (Phi) is 6.44. The van der Waals surface area contributed by atoms with Crippen LogP contribution in [0.3, 0.4) is 0 Å². The number of carbonyl (C=O) groups excluding carboxylic acids is 1. The molecule has 3 aromatic rings. The summed E-state index contributed by atoms with van der Waals surface area (Å²) >= 11 is 7.56. The van der Waals surface area contributed by atoms with Gasteiger partial charge in [-0.05, 0) is 35.4 Å². The van der Waals surface area contributed by atoms with Crippen molar-refractivity contribution < 1.29 is 14.3 Å². The van der Waals surface area contributed by atoms with Gasteiger partial charge < -0.3 is 9.47 Å². The Bertz CT molecular complexity index is 1420. The summed E-state index contributed by atoms with van der Waals surface area (Å²) in [5, 5.41) is 11.8. The van der Waals surface area contributed by atoms with Gasteiger partial charge in [0, 0.05) is 16.0 Å². The van der Waals surface area contributed by atoms with E-state index in [-0.39, 0.29) is 18.0 Å². The van der Waals surface area contributed by atoms with Gasteiger partial charge >= 0.3 is 0 Å². The van der Waals surface area contributed by atoms with Crippen LogP contribution in [0.2, 0.25) is 5.02 Å². The van der Waals surface area contributed by atoms with Gasteiger partial charge in [-0.2, -0.15) is 4.99 Å². The number of amides is 1. The monoisotopic (exact) mass is 501 g/mol. The number of hydrogen-bond donors (Lipinski definition) is 1. The van der Waals surface area contributed by atoms with E-state index in [2.05, 4.69) is 4.99 Å². The number of fused-ring (bicyclic) bond motifs is 1. The molecule has 1 amide bonds. The molecule has 35 heavy (non-hydrogen) atoms. The molecule has 2 aliphatic heterocycles. The summed E-state index contributed by atoms with van der Waals surface area (Å²) < 4.78 is 11.4. The second-order valence-corrected chi connectivity index (χ2v) is 8.96. The van der Waals surface area contributed by atoms with Gasteiger partial charge in [0.1, 0.15) is 12.4 Å². The van der Waals surface area contributed by atoms with Gasteiger partial charge in [0.15, 0.2) is 16.7 Å². The highest BCUT2D eigenvalue weighted by Crippen LogP contribution is 2.38. The maximum absolute atomic E-state index is 12.8. The third-order valence-corrected chi connectivity index (χ3v) is 6.72. The van der Waals surface area contributed by atoms with Crippen LogP contribution in [0.5, 0.6) is 11.5 Å². The van der Waals surface area contributed by atoms with Crippen molar-refractivity contribution in [2.75, 3.05) is 7.11 Å². The zero-order chi connectivity index (χ0) is 24.4. The quantitative estimate of drug-likeness (QED) is 0.405. The number of nitrogens with one attached hydrogen (secondary N) is 1. The molecule has 6 nitrogen and oxygen atoms in total. The smallest absolute Gasteiger partial charge is 0.283 e. The van der Waals surface area contributed by atoms with Crippen LogP contribution in [-0.2, 0) is 11.4 Å². The van der Waals surface area contributed by atoms with Gasteiger partial charge in [-0.15, -0.1) is 0 Å². The number of thioether (sulfide) groups is 1. The van der Waals surface area contributed by atoms with Crippen LogP contribution in [0.4, 0.5) is 0 Å². The van der Waals surface area contributed by atoms with Gasteiger partial charge in [0.2, 0.25) is 0 Å². The van der Waals surface area contributed by atoms with E-state index in [1.54, 1.807) is 30.2 Å². The summed E-state index contributed by atoms with van der Waals surface area (Å²) in [7, 11) is 1.55. The fraction of sp³-hybridized carbons (Fsp3) is 0.0741. The van der Waals surface area contributed by atoms with Crippen molar-refractivity contribution in [3.63, 3.8) is 0 Å². The highest BCUT2D eigenvalue weighted by molar-refractivity contribution is 8.17. The molecule has 0 aromatic heterocycles. The zero-order valence-electron chi connectivity index (χ0n) is 18.7. The predicted molar refractivity (Wildman–Crippen MR) is 141 cm³/mol. The Morgan fingerprint density at radius 3 is 2.60 bits per heavy atom. The lowest BCUT2D eigenvalue weighted by molar-refractivity contribution is -0.114. The molecule has 0 fully saturated rings. The SMILES string of the molecule is COc1cc(C=C2C(=N)N3C(c4ccccc4)=CSC3=NC2=O)ccc1OCc1ccccc1Cl. The van der Waals surface area contributed by atoms with Crippen LogP contribution >= 0.6 is 23.4 Å². The van der Waals surface area contributed by atoms with E-state index in [1.165, 1.54) is 11.8 Å². The number of methoxy groups -OCH3 is 1. The van der Waals surface area contributed by atoms with Gasteiger partial charge in [0.25, 0.3) is 5.91 Å². The van der Waals surface area contributed by atoms with E-state index >= 15 is 0 Å². The van der Waals surface area contributed by atoms with Gasteiger partial charge in [-0.3, -0.25) is 15.1 Å². The lowest BCUT2D eigenvalue weighted by Crippen LogP contribution is -2.38. The fourth-order valence-electron chi connectivity index (χ4n) is 3.75. The van der Waals surface area contributed by atoms with Crippen LogP contribution in [0.15, 0.2) is 88.8 Å². The first kappa shape index (κ1) is 23.0. The van der Waals surface area contributed by atoms with Crippen LogP contribution in [0.1, 0.15) is 16.7 Å². The number of halogens is 1. The van der Waals surface area contributed by atoms with Crippen LogP contribution in [0.25, 0.3) is 11.8 Å². The van der Waals surface area contributed by atoms with E-state index < -0.39 is 5.91 Å². The third-order valence-electron chi connectivity index (χ3n) is 5.52. The predicted octanol–water partition coefficient (Wildman–Crippen LogP) is 6.23. The highest BCUT2D eigenvalue weighted by Gasteiger charge is 2.36. The molecule has 174 valence electrons. The molecule has 0 radical (unpaired) electrons. The van der Waals surface area contributed by atoms with Crippen LogP contribution in [0, 0.1) is 5.41 Å². The van der Waals surface area contributed by atoms with E-state index in [0.29, 0.717) is 27.3 Å². The first-order chi connectivity index (χ1) is 17.0. The number of ether oxygens (including phenoxy) is 2. The first-order valence-electron chi connectivity index (χ1n) is 10.8. The third kappa shape index (κ3) is 4.60. The van der Waals surface area contributed by atoms with E-state index in [9.17, 15) is 4.79 Å². The Morgan fingerprint density at radius 2 is 1.83 bits per heavy atom. The van der Waals surface area contributed by atoms with Crippen molar-refractivity contribution in [3.8, 4) is 11.5 Å². The molecule has 0 saturated carbocycles. The van der Waals surface area contributed by atoms with E-state index in [4.69, 9.17) is 26.5 Å². The summed E-state index contributed by atoms with van der Waals surface area (Å²) in [5.74, 6) is 0.685. The van der Waals surface area contributed by atoms with Crippen molar-refractivity contribution in [3.05, 3.63) is 105 Å². The van der Waals surface area contributed by atoms with Crippen molar-refractivity contribution in [1.29, 1.82) is 5.41 Å². The molecule has 5 rings (SSSR count). The summed E-state index contributed by atoms with van der Waals surface area (Å²) in [6, 6.07) is 22.6. The Hall–Kier alpha value is -3.81. The molecule has 0 atom stereocenters. The standard InChI is InChI=1S/C27H20ClN3O3S/c1-33-24-14-17(11-12-23(24)34-15-19-9-5-6-10-21(19)28)13-20-25(29)31-22(18-7-3-2-4-8-18)16-35-27(31)30-26(20)32/h2-14,16,29H,15H2,1H3. The molecule has 3 aromatic carbocycles. The minimum Gasteiger partial charge on any atom is -0.493 e. The topological polar surface area (TPSA) is 75.0 Å². The van der Waals surface area contributed by atoms with E-state index in [0.717, 1.165) is 16.8 Å². The molecule has 0 saturated heterocycles. The summed E-state index contributed by atoms with van der Waals surface area (Å²) in [4.78, 5) is 18.7. The van der Waals surface area contributed by atoms with Crippen molar-refractivity contribution >= 4 is 52.0 Å². The lowest BCUT2D eigenvalue weighted by atomic mass is 10.1. The number of rotatable bonds is 6. The van der Waals surface area contributed by atoms with Gasteiger partial charge in [-0.1, -0.05) is 78.0 Å². The second kappa shape index (κ2) is 9.82. The number of hydrogen-bond acceptors (Lipinski definition) is 5. The van der Waals surface area contributed by atoms with Crippen LogP contribution in [-0.4, -0.2) is 28.9 Å². The number of carbonyl (C=O) groups is 1. The van der Waals surface area contributed by atoms with Crippen molar-refractivity contribution in [1.82, 2.24) is 4.90 Å². The highest BCUT2D eigenvalue weighted by atomic mass is 35.5. The van der Waals surface area contributed by atoms with Crippen molar-refractivity contribution in [2.45, 2.75) is 6.61 Å². The maximum atomic E-state index is 12.8. The molecule has 0 spiro atoms. The van der Waals surface area contributed by atoms with Gasteiger partial charge in [0.05, 0.1) is 18.4 Å². The van der Waals surface area contributed by atoms with E-state index in [1.807, 2.05) is 66.1 Å². The number of aliphatic imine (C=N–C) groups is 1. The molecule has 2 aliphatic rings. The molecule has 8 heteroatoms. The zero-order valence-corrected chi connectivity index (χ0v) is 20.3. The summed E-state index contributed by atoms with van der Waals surface area (Å²) in [6.45, 7) is 0.290. The average molecular weight is 502 g/mol. The molecule has 0 bridgehead atoms. The second-order valence-electron chi connectivity index (χ2n) is 7.72. The minimum absolute atomic E-state index is 0.0816. The number of amidine groups is 2. The molecule has 2 heterocycles. The Morgan fingerprint density at radius 1 is 1.06 bits per heavy atom.